The second-order valence-electron chi connectivity index (χ2n) is 16.3. The SMILES string of the molecule is Cc1c2c(c(CC(C)(C)C)c3ccccc13)Oc1c3ccc(CC(C)(C)C)cc3c(CC(C)(C)C)c3nc[n+](C)c-2c13. The number of benzene rings is 4. The highest BCUT2D eigenvalue weighted by molar-refractivity contribution is 6.14. The number of ether oxygens (including phenoxy) is 1. The van der Waals surface area contributed by atoms with E-state index in [-0.39, 0.29) is 16.2 Å². The molecule has 5 aromatic rings. The second-order valence-corrected chi connectivity index (χ2v) is 16.3. The summed E-state index contributed by atoms with van der Waals surface area (Å²) < 4.78 is 9.48. The molecule has 2 heterocycles. The zero-order chi connectivity index (χ0) is 30.4. The van der Waals surface area contributed by atoms with Gasteiger partial charge in [-0.1, -0.05) is 105 Å². The normalized spacial score (nSPS) is 13.6. The van der Waals surface area contributed by atoms with Crippen LogP contribution < -0.4 is 9.30 Å². The highest BCUT2D eigenvalue weighted by Gasteiger charge is 2.36. The van der Waals surface area contributed by atoms with Gasteiger partial charge >= 0.3 is 0 Å². The summed E-state index contributed by atoms with van der Waals surface area (Å²) in [5, 5.41) is 6.20. The van der Waals surface area contributed by atoms with Crippen molar-refractivity contribution in [1.29, 1.82) is 0 Å². The molecule has 1 aliphatic rings. The molecule has 0 N–H and O–H groups in total. The molecule has 0 spiro atoms. The molecule has 0 radical (unpaired) electrons. The average Bonchev–Trinajstić information content (AvgIpc) is 2.87. The first-order chi connectivity index (χ1) is 19.5. The number of fused-ring (bicyclic) bond motifs is 5. The first kappa shape index (κ1) is 28.6. The molecular formula is C39H47N2O+. The maximum atomic E-state index is 7.26. The Hall–Kier alpha value is -3.46. The Kier molecular flexibility index (Phi) is 6.50. The molecule has 3 nitrogen and oxygen atoms in total. The maximum Gasteiger partial charge on any atom is 0.287 e. The topological polar surface area (TPSA) is 26.0 Å². The summed E-state index contributed by atoms with van der Waals surface area (Å²) in [7, 11) is 2.14. The van der Waals surface area contributed by atoms with E-state index < -0.39 is 0 Å². The molecule has 0 fully saturated rings. The number of nitrogens with zero attached hydrogens (tertiary/aromatic N) is 2. The zero-order valence-corrected chi connectivity index (χ0v) is 27.5. The molecule has 4 aromatic carbocycles. The van der Waals surface area contributed by atoms with E-state index in [2.05, 4.69) is 123 Å². The van der Waals surface area contributed by atoms with Crippen molar-refractivity contribution in [1.82, 2.24) is 4.98 Å². The predicted octanol–water partition coefficient (Wildman–Crippen LogP) is 10.2. The first-order valence-corrected chi connectivity index (χ1v) is 15.5. The Morgan fingerprint density at radius 1 is 0.690 bits per heavy atom. The lowest BCUT2D eigenvalue weighted by Gasteiger charge is -2.30. The molecule has 0 amide bonds. The lowest BCUT2D eigenvalue weighted by Crippen LogP contribution is -2.33. The van der Waals surface area contributed by atoms with Crippen LogP contribution >= 0.6 is 0 Å². The van der Waals surface area contributed by atoms with E-state index in [1.807, 2.05) is 6.33 Å². The molecule has 0 saturated heterocycles. The van der Waals surface area contributed by atoms with Gasteiger partial charge in [-0.05, 0) is 74.7 Å². The maximum absolute atomic E-state index is 7.26. The van der Waals surface area contributed by atoms with Crippen molar-refractivity contribution in [3.63, 3.8) is 0 Å². The Morgan fingerprint density at radius 2 is 1.31 bits per heavy atom. The second kappa shape index (κ2) is 9.53. The largest absolute Gasteiger partial charge is 0.455 e. The van der Waals surface area contributed by atoms with Crippen LogP contribution in [0.4, 0.5) is 0 Å². The Balaban J connectivity index is 1.79. The molecule has 42 heavy (non-hydrogen) atoms. The van der Waals surface area contributed by atoms with Crippen LogP contribution in [-0.2, 0) is 26.3 Å². The molecule has 6 rings (SSSR count). The van der Waals surface area contributed by atoms with Gasteiger partial charge in [-0.25, -0.2) is 4.57 Å². The summed E-state index contributed by atoms with van der Waals surface area (Å²) >= 11 is 0. The fourth-order valence-corrected chi connectivity index (χ4v) is 7.00. The van der Waals surface area contributed by atoms with Crippen molar-refractivity contribution in [2.24, 2.45) is 23.3 Å². The minimum atomic E-state index is 0.103. The number of hydrogen-bond donors (Lipinski definition) is 0. The van der Waals surface area contributed by atoms with Crippen molar-refractivity contribution >= 4 is 32.4 Å². The third kappa shape index (κ3) is 4.95. The van der Waals surface area contributed by atoms with Gasteiger partial charge in [-0.2, -0.15) is 0 Å². The van der Waals surface area contributed by atoms with Gasteiger partial charge in [0.25, 0.3) is 6.33 Å². The van der Waals surface area contributed by atoms with Crippen molar-refractivity contribution < 1.29 is 9.30 Å². The lowest BCUT2D eigenvalue weighted by atomic mass is 9.80. The zero-order valence-electron chi connectivity index (χ0n) is 27.5. The van der Waals surface area contributed by atoms with Crippen molar-refractivity contribution in [3.8, 4) is 22.8 Å². The fourth-order valence-electron chi connectivity index (χ4n) is 7.00. The molecule has 1 aliphatic heterocycles. The summed E-state index contributed by atoms with van der Waals surface area (Å²) in [5.41, 5.74) is 9.17. The van der Waals surface area contributed by atoms with Gasteiger partial charge < -0.3 is 4.74 Å². The average molecular weight is 560 g/mol. The van der Waals surface area contributed by atoms with Crippen LogP contribution in [0.1, 0.15) is 84.6 Å². The minimum Gasteiger partial charge on any atom is -0.455 e. The Labute approximate surface area is 251 Å². The van der Waals surface area contributed by atoms with Crippen LogP contribution in [0.3, 0.4) is 0 Å². The van der Waals surface area contributed by atoms with Gasteiger partial charge in [0.2, 0.25) is 0 Å². The monoisotopic (exact) mass is 559 g/mol. The summed E-state index contributed by atoms with van der Waals surface area (Å²) in [6.07, 6.45) is 4.92. The number of hydrogen-bond acceptors (Lipinski definition) is 2. The van der Waals surface area contributed by atoms with Gasteiger partial charge in [0, 0.05) is 16.5 Å². The van der Waals surface area contributed by atoms with Crippen LogP contribution in [0.5, 0.6) is 11.5 Å². The standard InChI is InChI=1S/C39H47N2O/c1-23-25-14-12-13-15-26(25)30(21-39(8,9)10)36-31(23)34-32-33(40-22-41(34)11)29(20-38(5,6)7)28-18-24(19-37(2,3)4)16-17-27(28)35(32)42-36/h12-18,22H,19-21H2,1-11H3/q+1. The molecule has 0 atom stereocenters. The minimum absolute atomic E-state index is 0.103. The van der Waals surface area contributed by atoms with Gasteiger partial charge in [0.15, 0.2) is 17.0 Å². The van der Waals surface area contributed by atoms with Crippen LogP contribution in [0.2, 0.25) is 0 Å². The summed E-state index contributed by atoms with van der Waals surface area (Å²) in [6, 6.07) is 15.9. The summed E-state index contributed by atoms with van der Waals surface area (Å²) in [5.74, 6) is 1.97. The van der Waals surface area contributed by atoms with E-state index in [1.54, 1.807) is 0 Å². The van der Waals surface area contributed by atoms with E-state index in [1.165, 1.54) is 55.1 Å². The highest BCUT2D eigenvalue weighted by atomic mass is 16.5. The smallest absolute Gasteiger partial charge is 0.287 e. The summed E-state index contributed by atoms with van der Waals surface area (Å²) in [4.78, 5) is 5.15. The van der Waals surface area contributed by atoms with Gasteiger partial charge in [-0.15, -0.1) is 0 Å². The number of aromatic nitrogens is 2. The molecule has 1 aromatic heterocycles. The van der Waals surface area contributed by atoms with Gasteiger partial charge in [0.1, 0.15) is 11.1 Å². The quantitative estimate of drug-likeness (QED) is 0.159. The van der Waals surface area contributed by atoms with Crippen LogP contribution in [0.25, 0.3) is 43.7 Å². The molecule has 0 unspecified atom stereocenters. The predicted molar refractivity (Wildman–Crippen MR) is 178 cm³/mol. The Morgan fingerprint density at radius 3 is 1.95 bits per heavy atom. The Bertz CT molecular complexity index is 1890. The molecular weight excluding hydrogens is 512 g/mol. The van der Waals surface area contributed by atoms with E-state index in [9.17, 15) is 0 Å². The van der Waals surface area contributed by atoms with Gasteiger partial charge in [0.05, 0.1) is 12.6 Å². The first-order valence-electron chi connectivity index (χ1n) is 15.5. The van der Waals surface area contributed by atoms with E-state index in [4.69, 9.17) is 9.72 Å². The molecule has 0 saturated carbocycles. The third-order valence-corrected chi connectivity index (χ3v) is 8.47. The van der Waals surface area contributed by atoms with E-state index in [0.29, 0.717) is 0 Å². The molecule has 3 heteroatoms. The fraction of sp³-hybridized carbons (Fsp3) is 0.436. The van der Waals surface area contributed by atoms with E-state index >= 15 is 0 Å². The van der Waals surface area contributed by atoms with Crippen LogP contribution in [0.15, 0.2) is 48.8 Å². The molecule has 0 aliphatic carbocycles. The lowest BCUT2D eigenvalue weighted by molar-refractivity contribution is -0.662. The number of rotatable bonds is 3. The van der Waals surface area contributed by atoms with Gasteiger partial charge in [-0.3, -0.25) is 0 Å². The molecule has 218 valence electrons. The number of aryl methyl sites for hydroxylation is 2. The van der Waals surface area contributed by atoms with Crippen LogP contribution in [-0.4, -0.2) is 4.98 Å². The van der Waals surface area contributed by atoms with Crippen LogP contribution in [0, 0.1) is 23.2 Å². The van der Waals surface area contributed by atoms with E-state index in [0.717, 1.165) is 41.7 Å². The van der Waals surface area contributed by atoms with Crippen molar-refractivity contribution in [3.05, 3.63) is 71.0 Å². The molecule has 0 bridgehead atoms. The van der Waals surface area contributed by atoms with Crippen molar-refractivity contribution in [2.45, 2.75) is 88.5 Å². The summed E-state index contributed by atoms with van der Waals surface area (Å²) in [6.45, 7) is 23.1. The highest BCUT2D eigenvalue weighted by Crippen LogP contribution is 2.54. The van der Waals surface area contributed by atoms with Crippen molar-refractivity contribution in [2.75, 3.05) is 0 Å². The third-order valence-electron chi connectivity index (χ3n) is 8.47.